The number of nitrogens with zero attached hydrogens (tertiary/aromatic N) is 1. The highest BCUT2D eigenvalue weighted by molar-refractivity contribution is 5.95. The van der Waals surface area contributed by atoms with E-state index in [9.17, 15) is 4.79 Å². The molecular formula is C22H22N2O2. The van der Waals surface area contributed by atoms with E-state index in [2.05, 4.69) is 54.0 Å². The summed E-state index contributed by atoms with van der Waals surface area (Å²) in [5.74, 6) is 0.575. The summed E-state index contributed by atoms with van der Waals surface area (Å²) in [7, 11) is 0. The first kappa shape index (κ1) is 16.5. The molecule has 1 amide bonds. The van der Waals surface area contributed by atoms with Crippen molar-refractivity contribution in [2.24, 2.45) is 5.73 Å². The van der Waals surface area contributed by atoms with Crippen molar-refractivity contribution in [3.8, 4) is 17.0 Å². The van der Waals surface area contributed by atoms with Crippen LogP contribution in [0.3, 0.4) is 0 Å². The summed E-state index contributed by atoms with van der Waals surface area (Å²) in [6.07, 6.45) is 0.971. The van der Waals surface area contributed by atoms with Crippen LogP contribution in [0.15, 0.2) is 48.5 Å². The van der Waals surface area contributed by atoms with Crippen LogP contribution in [-0.2, 0) is 13.0 Å². The Kier molecular flexibility index (Phi) is 4.03. The van der Waals surface area contributed by atoms with Gasteiger partial charge in [-0.2, -0.15) is 0 Å². The SMILES string of the molecule is Cc1ccc(-c2cc(C(N)=O)c(C)n2Cc2ccc3c(c2)OCC3)cc1. The number of hydrogen-bond donors (Lipinski definition) is 1. The van der Waals surface area contributed by atoms with Gasteiger partial charge in [0.05, 0.1) is 12.2 Å². The second-order valence-electron chi connectivity index (χ2n) is 6.89. The number of hydrogen-bond acceptors (Lipinski definition) is 2. The number of aromatic nitrogens is 1. The second-order valence-corrected chi connectivity index (χ2v) is 6.89. The molecule has 0 bridgehead atoms. The molecule has 0 radical (unpaired) electrons. The average molecular weight is 346 g/mol. The number of carbonyl (C=O) groups is 1. The van der Waals surface area contributed by atoms with Crippen LogP contribution >= 0.6 is 0 Å². The van der Waals surface area contributed by atoms with Crippen LogP contribution in [0, 0.1) is 13.8 Å². The molecule has 1 aliphatic heterocycles. The summed E-state index contributed by atoms with van der Waals surface area (Å²) in [4.78, 5) is 11.9. The maximum absolute atomic E-state index is 11.9. The average Bonchev–Trinajstić information content (AvgIpc) is 3.21. The van der Waals surface area contributed by atoms with E-state index in [0.29, 0.717) is 12.1 Å². The van der Waals surface area contributed by atoms with Crippen LogP contribution in [0.2, 0.25) is 0 Å². The van der Waals surface area contributed by atoms with Crippen molar-refractivity contribution in [1.29, 1.82) is 0 Å². The Bertz CT molecular complexity index is 984. The van der Waals surface area contributed by atoms with E-state index in [1.807, 2.05) is 13.0 Å². The summed E-state index contributed by atoms with van der Waals surface area (Å²) in [5.41, 5.74) is 12.7. The molecule has 1 aliphatic rings. The van der Waals surface area contributed by atoms with Crippen LogP contribution < -0.4 is 10.5 Å². The van der Waals surface area contributed by atoms with Crippen molar-refractivity contribution in [2.45, 2.75) is 26.8 Å². The predicted octanol–water partition coefficient (Wildman–Crippen LogP) is 3.85. The van der Waals surface area contributed by atoms with E-state index in [-0.39, 0.29) is 0 Å². The molecule has 4 heteroatoms. The molecule has 4 rings (SSSR count). The van der Waals surface area contributed by atoms with Gasteiger partial charge in [-0.3, -0.25) is 4.79 Å². The number of primary amides is 1. The van der Waals surface area contributed by atoms with Gasteiger partial charge in [0, 0.05) is 24.4 Å². The summed E-state index contributed by atoms with van der Waals surface area (Å²) in [6.45, 7) is 5.43. The fraction of sp³-hybridized carbons (Fsp3) is 0.227. The Morgan fingerprint density at radius 3 is 2.62 bits per heavy atom. The quantitative estimate of drug-likeness (QED) is 0.780. The Morgan fingerprint density at radius 1 is 1.12 bits per heavy atom. The molecule has 1 aromatic heterocycles. The van der Waals surface area contributed by atoms with Crippen molar-refractivity contribution >= 4 is 5.91 Å². The zero-order valence-corrected chi connectivity index (χ0v) is 15.1. The van der Waals surface area contributed by atoms with Gasteiger partial charge in [0.25, 0.3) is 5.91 Å². The first-order valence-electron chi connectivity index (χ1n) is 8.84. The molecule has 4 nitrogen and oxygen atoms in total. The maximum Gasteiger partial charge on any atom is 0.250 e. The topological polar surface area (TPSA) is 57.2 Å². The molecule has 2 aromatic carbocycles. The van der Waals surface area contributed by atoms with E-state index >= 15 is 0 Å². The van der Waals surface area contributed by atoms with Crippen LogP contribution in [0.5, 0.6) is 5.75 Å². The lowest BCUT2D eigenvalue weighted by Crippen LogP contribution is -2.12. The van der Waals surface area contributed by atoms with Gasteiger partial charge in [0.1, 0.15) is 5.75 Å². The molecule has 0 unspecified atom stereocenters. The molecule has 132 valence electrons. The normalized spacial score (nSPS) is 12.7. The van der Waals surface area contributed by atoms with Gasteiger partial charge < -0.3 is 15.0 Å². The number of fused-ring (bicyclic) bond motifs is 1. The van der Waals surface area contributed by atoms with Crippen molar-refractivity contribution in [3.05, 3.63) is 76.5 Å². The first-order valence-corrected chi connectivity index (χ1v) is 8.84. The maximum atomic E-state index is 11.9. The van der Waals surface area contributed by atoms with Gasteiger partial charge in [-0.15, -0.1) is 0 Å². The third-order valence-electron chi connectivity index (χ3n) is 5.08. The Morgan fingerprint density at radius 2 is 1.88 bits per heavy atom. The van der Waals surface area contributed by atoms with Gasteiger partial charge >= 0.3 is 0 Å². The lowest BCUT2D eigenvalue weighted by atomic mass is 10.1. The summed E-state index contributed by atoms with van der Waals surface area (Å²) < 4.78 is 7.85. The molecule has 0 saturated carbocycles. The highest BCUT2D eigenvalue weighted by Gasteiger charge is 2.18. The standard InChI is InChI=1S/C22H22N2O2/c1-14-3-6-17(7-4-14)20-12-19(22(23)25)15(2)24(20)13-16-5-8-18-9-10-26-21(18)11-16/h3-8,11-12H,9-10,13H2,1-2H3,(H2,23,25). The molecule has 3 aromatic rings. The molecule has 2 N–H and O–H groups in total. The minimum absolute atomic E-state index is 0.396. The molecular weight excluding hydrogens is 324 g/mol. The molecule has 26 heavy (non-hydrogen) atoms. The van der Waals surface area contributed by atoms with E-state index < -0.39 is 5.91 Å². The van der Waals surface area contributed by atoms with E-state index in [1.165, 1.54) is 11.1 Å². The lowest BCUT2D eigenvalue weighted by Gasteiger charge is -2.13. The van der Waals surface area contributed by atoms with Crippen LogP contribution in [-0.4, -0.2) is 17.1 Å². The second kappa shape index (κ2) is 6.37. The Labute approximate surface area is 153 Å². The Hall–Kier alpha value is -3.01. The molecule has 0 fully saturated rings. The zero-order chi connectivity index (χ0) is 18.3. The number of benzene rings is 2. The van der Waals surface area contributed by atoms with Crippen LogP contribution in [0.4, 0.5) is 0 Å². The van der Waals surface area contributed by atoms with Gasteiger partial charge in [-0.25, -0.2) is 0 Å². The number of nitrogens with two attached hydrogens (primary N) is 1. The van der Waals surface area contributed by atoms with Crippen LogP contribution in [0.1, 0.15) is 32.7 Å². The number of amides is 1. The lowest BCUT2D eigenvalue weighted by molar-refractivity contribution is 0.0999. The van der Waals surface area contributed by atoms with Gasteiger partial charge in [0.2, 0.25) is 0 Å². The summed E-state index contributed by atoms with van der Waals surface area (Å²) in [5, 5.41) is 0. The molecule has 0 saturated heterocycles. The molecule has 0 spiro atoms. The third-order valence-corrected chi connectivity index (χ3v) is 5.08. The van der Waals surface area contributed by atoms with Crippen molar-refractivity contribution in [2.75, 3.05) is 6.61 Å². The molecule has 2 heterocycles. The Balaban J connectivity index is 1.78. The van der Waals surface area contributed by atoms with Gasteiger partial charge in [-0.1, -0.05) is 42.0 Å². The van der Waals surface area contributed by atoms with Crippen molar-refractivity contribution in [1.82, 2.24) is 4.57 Å². The van der Waals surface area contributed by atoms with Crippen LogP contribution in [0.25, 0.3) is 11.3 Å². The molecule has 0 aliphatic carbocycles. The van der Waals surface area contributed by atoms with E-state index in [0.717, 1.165) is 41.3 Å². The predicted molar refractivity (Wildman–Crippen MR) is 103 cm³/mol. The summed E-state index contributed by atoms with van der Waals surface area (Å²) >= 11 is 0. The first-order chi connectivity index (χ1) is 12.5. The highest BCUT2D eigenvalue weighted by atomic mass is 16.5. The van der Waals surface area contributed by atoms with Crippen molar-refractivity contribution < 1.29 is 9.53 Å². The van der Waals surface area contributed by atoms with Gasteiger partial charge in [-0.05, 0) is 42.7 Å². The smallest absolute Gasteiger partial charge is 0.250 e. The minimum atomic E-state index is -0.396. The zero-order valence-electron chi connectivity index (χ0n) is 15.1. The highest BCUT2D eigenvalue weighted by Crippen LogP contribution is 2.30. The monoisotopic (exact) mass is 346 g/mol. The number of ether oxygens (including phenoxy) is 1. The van der Waals surface area contributed by atoms with Crippen molar-refractivity contribution in [3.63, 3.8) is 0 Å². The summed E-state index contributed by atoms with van der Waals surface area (Å²) in [6, 6.07) is 16.6. The minimum Gasteiger partial charge on any atom is -0.493 e. The van der Waals surface area contributed by atoms with Gasteiger partial charge in [0.15, 0.2) is 0 Å². The number of carbonyl (C=O) groups excluding carboxylic acids is 1. The molecule has 0 atom stereocenters. The van der Waals surface area contributed by atoms with E-state index in [4.69, 9.17) is 10.5 Å². The third kappa shape index (κ3) is 2.88. The fourth-order valence-corrected chi connectivity index (χ4v) is 3.55. The number of rotatable bonds is 4. The largest absolute Gasteiger partial charge is 0.493 e. The van der Waals surface area contributed by atoms with E-state index in [1.54, 1.807) is 0 Å². The number of aryl methyl sites for hydroxylation is 1. The fourth-order valence-electron chi connectivity index (χ4n) is 3.55.